The summed E-state index contributed by atoms with van der Waals surface area (Å²) in [6.45, 7) is 8.53. The molecule has 0 spiro atoms. The summed E-state index contributed by atoms with van der Waals surface area (Å²) in [5.41, 5.74) is 1.77. The number of hydrogen-bond donors (Lipinski definition) is 0. The van der Waals surface area contributed by atoms with Crippen LogP contribution in [0.1, 0.15) is 25.1 Å². The second kappa shape index (κ2) is 10.9. The Morgan fingerprint density at radius 1 is 1.17 bits per heavy atom. The number of sulfonamides is 1. The third-order valence-electron chi connectivity index (χ3n) is 4.58. The third kappa shape index (κ3) is 7.00. The standard InChI is InChI=1S/C23H31N3O3S/c1-5-14-26(30(28,29)16-13-21-10-7-6-8-11-21)19-23(27)25(17-20(2)3)18-22-12-9-15-24(22)4/h5-13,15-16,20H,1,14,17-19H2,2-4H3. The number of aromatic nitrogens is 1. The lowest BCUT2D eigenvalue weighted by atomic mass is 10.2. The van der Waals surface area contributed by atoms with E-state index in [4.69, 9.17) is 0 Å². The number of amides is 1. The van der Waals surface area contributed by atoms with Gasteiger partial charge in [0.05, 0.1) is 13.1 Å². The van der Waals surface area contributed by atoms with Crippen molar-refractivity contribution in [2.24, 2.45) is 13.0 Å². The molecule has 0 aliphatic carbocycles. The highest BCUT2D eigenvalue weighted by atomic mass is 32.2. The molecule has 0 aliphatic rings. The topological polar surface area (TPSA) is 62.6 Å². The maximum Gasteiger partial charge on any atom is 0.238 e. The van der Waals surface area contributed by atoms with Crippen molar-refractivity contribution in [1.82, 2.24) is 13.8 Å². The molecular formula is C23H31N3O3S. The molecule has 30 heavy (non-hydrogen) atoms. The molecule has 0 radical (unpaired) electrons. The summed E-state index contributed by atoms with van der Waals surface area (Å²) < 4.78 is 28.8. The van der Waals surface area contributed by atoms with Crippen molar-refractivity contribution in [2.45, 2.75) is 20.4 Å². The van der Waals surface area contributed by atoms with Crippen molar-refractivity contribution in [3.05, 3.63) is 78.0 Å². The Bertz CT molecular complexity index is 963. The predicted octanol–water partition coefficient (Wildman–Crippen LogP) is 3.50. The van der Waals surface area contributed by atoms with Crippen LogP contribution in [0.25, 0.3) is 6.08 Å². The van der Waals surface area contributed by atoms with Crippen LogP contribution in [-0.4, -0.2) is 47.7 Å². The Kier molecular flexibility index (Phi) is 8.62. The average Bonchev–Trinajstić information content (AvgIpc) is 3.10. The molecule has 0 saturated carbocycles. The normalized spacial score (nSPS) is 12.0. The van der Waals surface area contributed by atoms with Crippen LogP contribution in [0.5, 0.6) is 0 Å². The van der Waals surface area contributed by atoms with Crippen LogP contribution in [0, 0.1) is 5.92 Å². The van der Waals surface area contributed by atoms with E-state index < -0.39 is 10.0 Å². The van der Waals surface area contributed by atoms with Gasteiger partial charge in [-0.3, -0.25) is 4.79 Å². The number of benzene rings is 1. The molecule has 0 aliphatic heterocycles. The van der Waals surface area contributed by atoms with Crippen LogP contribution in [0.15, 0.2) is 66.7 Å². The molecule has 1 aromatic carbocycles. The van der Waals surface area contributed by atoms with E-state index in [0.29, 0.717) is 13.1 Å². The molecule has 1 aromatic heterocycles. The summed E-state index contributed by atoms with van der Waals surface area (Å²) in [6.07, 6.45) is 4.95. The zero-order valence-corrected chi connectivity index (χ0v) is 18.8. The Labute approximate surface area is 180 Å². The minimum atomic E-state index is -3.78. The molecule has 6 nitrogen and oxygen atoms in total. The summed E-state index contributed by atoms with van der Waals surface area (Å²) in [7, 11) is -1.85. The van der Waals surface area contributed by atoms with Crippen molar-refractivity contribution in [2.75, 3.05) is 19.6 Å². The van der Waals surface area contributed by atoms with E-state index >= 15 is 0 Å². The first-order valence-corrected chi connectivity index (χ1v) is 11.5. The maximum absolute atomic E-state index is 13.1. The van der Waals surface area contributed by atoms with Crippen LogP contribution < -0.4 is 0 Å². The van der Waals surface area contributed by atoms with Crippen molar-refractivity contribution in [3.63, 3.8) is 0 Å². The van der Waals surface area contributed by atoms with E-state index in [1.54, 1.807) is 4.90 Å². The number of hydrogen-bond acceptors (Lipinski definition) is 3. The lowest BCUT2D eigenvalue weighted by Crippen LogP contribution is -2.43. The van der Waals surface area contributed by atoms with E-state index in [-0.39, 0.29) is 24.9 Å². The highest BCUT2D eigenvalue weighted by molar-refractivity contribution is 7.92. The molecule has 0 atom stereocenters. The molecule has 0 unspecified atom stereocenters. The van der Waals surface area contributed by atoms with Gasteiger partial charge in [0.2, 0.25) is 15.9 Å². The Morgan fingerprint density at radius 3 is 2.43 bits per heavy atom. The molecule has 2 aromatic rings. The molecule has 2 rings (SSSR count). The molecule has 7 heteroatoms. The molecule has 0 bridgehead atoms. The molecule has 1 amide bonds. The summed E-state index contributed by atoms with van der Waals surface area (Å²) in [6, 6.07) is 13.1. The van der Waals surface area contributed by atoms with E-state index in [9.17, 15) is 13.2 Å². The van der Waals surface area contributed by atoms with Gasteiger partial charge in [0.25, 0.3) is 0 Å². The summed E-state index contributed by atoms with van der Waals surface area (Å²) >= 11 is 0. The van der Waals surface area contributed by atoms with Gasteiger partial charge < -0.3 is 9.47 Å². The van der Waals surface area contributed by atoms with Gasteiger partial charge in [0, 0.05) is 37.4 Å². The van der Waals surface area contributed by atoms with Crippen LogP contribution in [0.3, 0.4) is 0 Å². The van der Waals surface area contributed by atoms with Gasteiger partial charge in [-0.05, 0) is 29.7 Å². The van der Waals surface area contributed by atoms with Crippen molar-refractivity contribution in [1.29, 1.82) is 0 Å². The second-order valence-corrected chi connectivity index (χ2v) is 9.44. The fourth-order valence-electron chi connectivity index (χ4n) is 3.02. The lowest BCUT2D eigenvalue weighted by molar-refractivity contribution is -0.132. The van der Waals surface area contributed by atoms with Crippen molar-refractivity contribution >= 4 is 22.0 Å². The fraction of sp³-hybridized carbons (Fsp3) is 0.348. The number of nitrogens with zero attached hydrogens (tertiary/aromatic N) is 3. The molecule has 0 N–H and O–H groups in total. The van der Waals surface area contributed by atoms with E-state index in [0.717, 1.165) is 21.0 Å². The van der Waals surface area contributed by atoms with E-state index in [1.165, 1.54) is 12.2 Å². The number of aryl methyl sites for hydroxylation is 1. The highest BCUT2D eigenvalue weighted by Gasteiger charge is 2.25. The molecule has 162 valence electrons. The van der Waals surface area contributed by atoms with Crippen LogP contribution in [-0.2, 0) is 28.4 Å². The van der Waals surface area contributed by atoms with Crippen LogP contribution in [0.4, 0.5) is 0 Å². The zero-order valence-electron chi connectivity index (χ0n) is 17.9. The van der Waals surface area contributed by atoms with Gasteiger partial charge in [-0.15, -0.1) is 6.58 Å². The van der Waals surface area contributed by atoms with Gasteiger partial charge in [-0.1, -0.05) is 50.3 Å². The Hall–Kier alpha value is -2.64. The largest absolute Gasteiger partial charge is 0.353 e. The SMILES string of the molecule is C=CCN(CC(=O)N(Cc1cccn1C)CC(C)C)S(=O)(=O)C=Cc1ccccc1. The van der Waals surface area contributed by atoms with Gasteiger partial charge >= 0.3 is 0 Å². The monoisotopic (exact) mass is 429 g/mol. The van der Waals surface area contributed by atoms with Gasteiger partial charge in [0.1, 0.15) is 0 Å². The Morgan fingerprint density at radius 2 is 1.87 bits per heavy atom. The number of carbonyl (C=O) groups excluding carboxylic acids is 1. The highest BCUT2D eigenvalue weighted by Crippen LogP contribution is 2.12. The number of rotatable bonds is 11. The van der Waals surface area contributed by atoms with Crippen LogP contribution in [0.2, 0.25) is 0 Å². The van der Waals surface area contributed by atoms with E-state index in [2.05, 4.69) is 6.58 Å². The van der Waals surface area contributed by atoms with Gasteiger partial charge in [-0.25, -0.2) is 8.42 Å². The van der Waals surface area contributed by atoms with Crippen LogP contribution >= 0.6 is 0 Å². The quantitative estimate of drug-likeness (QED) is 0.514. The zero-order chi connectivity index (χ0) is 22.1. The number of carbonyl (C=O) groups is 1. The maximum atomic E-state index is 13.1. The summed E-state index contributed by atoms with van der Waals surface area (Å²) in [5.74, 6) is 0.0279. The smallest absolute Gasteiger partial charge is 0.238 e. The van der Waals surface area contributed by atoms with E-state index in [1.807, 2.05) is 74.1 Å². The first-order chi connectivity index (χ1) is 14.2. The minimum absolute atomic E-state index is 0.0624. The summed E-state index contributed by atoms with van der Waals surface area (Å²) in [4.78, 5) is 14.8. The third-order valence-corrected chi connectivity index (χ3v) is 6.06. The molecule has 0 saturated heterocycles. The Balaban J connectivity index is 2.19. The summed E-state index contributed by atoms with van der Waals surface area (Å²) in [5, 5.41) is 1.14. The minimum Gasteiger partial charge on any atom is -0.353 e. The van der Waals surface area contributed by atoms with Crippen molar-refractivity contribution in [3.8, 4) is 0 Å². The molecular weight excluding hydrogens is 398 g/mol. The average molecular weight is 430 g/mol. The predicted molar refractivity (Wildman–Crippen MR) is 122 cm³/mol. The fourth-order valence-corrected chi connectivity index (χ4v) is 4.12. The van der Waals surface area contributed by atoms with Gasteiger partial charge in [-0.2, -0.15) is 4.31 Å². The first kappa shape index (κ1) is 23.6. The molecule has 1 heterocycles. The molecule has 0 fully saturated rings. The first-order valence-electron chi connectivity index (χ1n) is 9.95. The lowest BCUT2D eigenvalue weighted by Gasteiger charge is -2.27. The second-order valence-electron chi connectivity index (χ2n) is 7.62. The van der Waals surface area contributed by atoms with Crippen molar-refractivity contribution < 1.29 is 13.2 Å². The van der Waals surface area contributed by atoms with Gasteiger partial charge in [0.15, 0.2) is 0 Å².